The second-order valence-electron chi connectivity index (χ2n) is 3.57. The number of carbonyl (C=O) groups is 1. The topological polar surface area (TPSA) is 58.6 Å². The first-order valence-electron chi connectivity index (χ1n) is 4.60. The minimum Gasteiger partial charge on any atom is -0.497 e. The highest BCUT2D eigenvalue weighted by Crippen LogP contribution is 2.47. The van der Waals surface area contributed by atoms with E-state index in [2.05, 4.69) is 0 Å². The molecule has 2 rings (SSSR count). The number of benzene rings is 1. The third kappa shape index (κ3) is 1.46. The van der Waals surface area contributed by atoms with Crippen molar-refractivity contribution in [1.29, 1.82) is 0 Å². The minimum absolute atomic E-state index is 0.0735. The van der Waals surface area contributed by atoms with Crippen LogP contribution in [0.1, 0.15) is 5.56 Å². The van der Waals surface area contributed by atoms with Crippen molar-refractivity contribution in [3.05, 3.63) is 23.8 Å². The SMILES string of the molecule is COc1ccc2c(c1)[C@@](O)(C(F)(F)F)C(=O)N2. The first kappa shape index (κ1) is 11.7. The van der Waals surface area contributed by atoms with E-state index in [0.717, 1.165) is 6.07 Å². The van der Waals surface area contributed by atoms with E-state index in [0.29, 0.717) is 0 Å². The lowest BCUT2D eigenvalue weighted by molar-refractivity contribution is -0.252. The number of hydrogen-bond donors (Lipinski definition) is 2. The second-order valence-corrected chi connectivity index (χ2v) is 3.57. The van der Waals surface area contributed by atoms with Gasteiger partial charge in [0.25, 0.3) is 11.5 Å². The van der Waals surface area contributed by atoms with Crippen LogP contribution in [0.25, 0.3) is 0 Å². The molecule has 0 aliphatic carbocycles. The van der Waals surface area contributed by atoms with Crippen molar-refractivity contribution in [1.82, 2.24) is 0 Å². The monoisotopic (exact) mass is 247 g/mol. The summed E-state index contributed by atoms with van der Waals surface area (Å²) in [5, 5.41) is 11.6. The van der Waals surface area contributed by atoms with Crippen LogP contribution in [0.15, 0.2) is 18.2 Å². The zero-order valence-corrected chi connectivity index (χ0v) is 8.63. The van der Waals surface area contributed by atoms with E-state index in [-0.39, 0.29) is 11.4 Å². The van der Waals surface area contributed by atoms with E-state index < -0.39 is 23.2 Å². The Morgan fingerprint density at radius 1 is 1.41 bits per heavy atom. The first-order valence-corrected chi connectivity index (χ1v) is 4.60. The van der Waals surface area contributed by atoms with Crippen molar-refractivity contribution in [2.45, 2.75) is 11.8 Å². The Hall–Kier alpha value is -1.76. The molecule has 2 N–H and O–H groups in total. The smallest absolute Gasteiger partial charge is 0.430 e. The van der Waals surface area contributed by atoms with Gasteiger partial charge in [0.1, 0.15) is 5.75 Å². The number of ether oxygens (including phenoxy) is 1. The highest BCUT2D eigenvalue weighted by atomic mass is 19.4. The average molecular weight is 247 g/mol. The summed E-state index contributed by atoms with van der Waals surface area (Å²) < 4.78 is 43.0. The molecule has 4 nitrogen and oxygen atoms in total. The Kier molecular flexibility index (Phi) is 2.32. The first-order chi connectivity index (χ1) is 7.80. The van der Waals surface area contributed by atoms with E-state index >= 15 is 0 Å². The van der Waals surface area contributed by atoms with Gasteiger partial charge in [-0.1, -0.05) is 0 Å². The van der Waals surface area contributed by atoms with Crippen LogP contribution in [0.3, 0.4) is 0 Å². The molecular weight excluding hydrogens is 239 g/mol. The molecule has 0 fully saturated rings. The molecule has 0 saturated carbocycles. The van der Waals surface area contributed by atoms with Crippen LogP contribution in [-0.4, -0.2) is 24.3 Å². The molecule has 0 spiro atoms. The van der Waals surface area contributed by atoms with Gasteiger partial charge in [-0.05, 0) is 18.2 Å². The molecule has 1 aliphatic rings. The van der Waals surface area contributed by atoms with Crippen LogP contribution in [0.5, 0.6) is 5.75 Å². The number of amides is 1. The molecule has 0 aromatic heterocycles. The summed E-state index contributed by atoms with van der Waals surface area (Å²) in [5.74, 6) is -1.38. The highest BCUT2D eigenvalue weighted by molar-refractivity contribution is 6.05. The van der Waals surface area contributed by atoms with Gasteiger partial charge < -0.3 is 15.2 Å². The van der Waals surface area contributed by atoms with Crippen LogP contribution < -0.4 is 10.1 Å². The van der Waals surface area contributed by atoms with Crippen molar-refractivity contribution in [3.8, 4) is 5.75 Å². The highest BCUT2D eigenvalue weighted by Gasteiger charge is 2.64. The van der Waals surface area contributed by atoms with Crippen molar-refractivity contribution in [2.75, 3.05) is 12.4 Å². The molecule has 0 saturated heterocycles. The van der Waals surface area contributed by atoms with Gasteiger partial charge in [-0.3, -0.25) is 4.79 Å². The maximum absolute atomic E-state index is 12.8. The van der Waals surface area contributed by atoms with Gasteiger partial charge in [0, 0.05) is 11.3 Å². The van der Waals surface area contributed by atoms with E-state index in [1.54, 1.807) is 0 Å². The predicted octanol–water partition coefficient (Wildman–Crippen LogP) is 1.40. The fraction of sp³-hybridized carbons (Fsp3) is 0.300. The van der Waals surface area contributed by atoms with Crippen LogP contribution in [-0.2, 0) is 10.4 Å². The van der Waals surface area contributed by atoms with E-state index in [9.17, 15) is 23.1 Å². The Morgan fingerprint density at radius 2 is 2.06 bits per heavy atom. The Balaban J connectivity index is 2.64. The number of hydrogen-bond acceptors (Lipinski definition) is 3. The fourth-order valence-electron chi connectivity index (χ4n) is 1.68. The summed E-state index contributed by atoms with van der Waals surface area (Å²) in [6, 6.07) is 3.62. The lowest BCUT2D eigenvalue weighted by Crippen LogP contribution is -2.47. The Morgan fingerprint density at radius 3 is 2.59 bits per heavy atom. The van der Waals surface area contributed by atoms with Gasteiger partial charge in [0.2, 0.25) is 0 Å². The lowest BCUT2D eigenvalue weighted by Gasteiger charge is -2.23. The van der Waals surface area contributed by atoms with Crippen molar-refractivity contribution < 1.29 is 27.8 Å². The maximum Gasteiger partial charge on any atom is 0.430 e. The third-order valence-electron chi connectivity index (χ3n) is 2.60. The molecule has 1 aliphatic heterocycles. The molecule has 1 aromatic carbocycles. The molecular formula is C10H8F3NO3. The molecule has 1 aromatic rings. The van der Waals surface area contributed by atoms with Gasteiger partial charge in [-0.15, -0.1) is 0 Å². The van der Waals surface area contributed by atoms with E-state index in [4.69, 9.17) is 4.74 Å². The zero-order chi connectivity index (χ0) is 12.8. The lowest BCUT2D eigenvalue weighted by atomic mass is 9.94. The van der Waals surface area contributed by atoms with Crippen LogP contribution >= 0.6 is 0 Å². The van der Waals surface area contributed by atoms with Crippen LogP contribution in [0.2, 0.25) is 0 Å². The van der Waals surface area contributed by atoms with Crippen LogP contribution in [0.4, 0.5) is 18.9 Å². The average Bonchev–Trinajstić information content (AvgIpc) is 2.51. The number of rotatable bonds is 1. The summed E-state index contributed by atoms with van der Waals surface area (Å²) in [4.78, 5) is 11.3. The number of halogens is 3. The third-order valence-corrected chi connectivity index (χ3v) is 2.60. The van der Waals surface area contributed by atoms with E-state index in [1.165, 1.54) is 19.2 Å². The molecule has 92 valence electrons. The second kappa shape index (κ2) is 3.36. The number of fused-ring (bicyclic) bond motifs is 1. The standard InChI is InChI=1S/C10H8F3NO3/c1-17-5-2-3-7-6(4-5)9(16,8(15)14-7)10(11,12)13/h2-4,16H,1H3,(H,14,15)/t9-/m0/s1. The Labute approximate surface area is 94.0 Å². The number of carbonyl (C=O) groups excluding carboxylic acids is 1. The number of aliphatic hydroxyl groups is 1. The fourth-order valence-corrected chi connectivity index (χ4v) is 1.68. The summed E-state index contributed by atoms with van der Waals surface area (Å²) in [6.45, 7) is 0. The van der Waals surface area contributed by atoms with Gasteiger partial charge in [-0.2, -0.15) is 13.2 Å². The summed E-state index contributed by atoms with van der Waals surface area (Å²) >= 11 is 0. The summed E-state index contributed by atoms with van der Waals surface area (Å²) in [7, 11) is 1.28. The molecule has 7 heteroatoms. The Bertz CT molecular complexity index is 486. The number of alkyl halides is 3. The number of anilines is 1. The van der Waals surface area contributed by atoms with E-state index in [1.807, 2.05) is 5.32 Å². The van der Waals surface area contributed by atoms with Crippen molar-refractivity contribution in [2.24, 2.45) is 0 Å². The van der Waals surface area contributed by atoms with Crippen molar-refractivity contribution in [3.63, 3.8) is 0 Å². The van der Waals surface area contributed by atoms with Gasteiger partial charge in [0.05, 0.1) is 7.11 Å². The number of methoxy groups -OCH3 is 1. The molecule has 17 heavy (non-hydrogen) atoms. The number of nitrogens with one attached hydrogen (secondary N) is 1. The minimum atomic E-state index is -5.09. The quantitative estimate of drug-likeness (QED) is 0.788. The van der Waals surface area contributed by atoms with Gasteiger partial charge in [0.15, 0.2) is 0 Å². The predicted molar refractivity (Wildman–Crippen MR) is 51.6 cm³/mol. The molecule has 0 bridgehead atoms. The summed E-state index contributed by atoms with van der Waals surface area (Å²) in [6.07, 6.45) is -5.09. The normalized spacial score (nSPS) is 23.2. The molecule has 1 atom stereocenters. The molecule has 1 amide bonds. The summed E-state index contributed by atoms with van der Waals surface area (Å²) in [5.41, 5.74) is -4.14. The molecule has 0 unspecified atom stereocenters. The zero-order valence-electron chi connectivity index (χ0n) is 8.63. The van der Waals surface area contributed by atoms with Crippen molar-refractivity contribution >= 4 is 11.6 Å². The molecule has 0 radical (unpaired) electrons. The van der Waals surface area contributed by atoms with Gasteiger partial charge >= 0.3 is 6.18 Å². The maximum atomic E-state index is 12.8. The van der Waals surface area contributed by atoms with Crippen LogP contribution in [0, 0.1) is 0 Å². The largest absolute Gasteiger partial charge is 0.497 e. The van der Waals surface area contributed by atoms with Gasteiger partial charge in [-0.25, -0.2) is 0 Å². The molecule has 1 heterocycles.